The van der Waals surface area contributed by atoms with E-state index in [0.717, 1.165) is 12.8 Å². The Kier molecular flexibility index (Phi) is 2.96. The molecule has 0 spiro atoms. The molecule has 0 bridgehead atoms. The molecule has 1 aromatic rings. The number of likely N-dealkylation sites (tertiary alicyclic amines) is 1. The van der Waals surface area contributed by atoms with E-state index in [4.69, 9.17) is 0 Å². The minimum absolute atomic E-state index is 0.0441. The van der Waals surface area contributed by atoms with Gasteiger partial charge in [-0.15, -0.1) is 5.10 Å². The van der Waals surface area contributed by atoms with E-state index in [-0.39, 0.29) is 29.6 Å². The molecule has 19 heavy (non-hydrogen) atoms. The summed E-state index contributed by atoms with van der Waals surface area (Å²) in [4.78, 5) is 30.0. The molecule has 2 unspecified atom stereocenters. The number of carbonyl (C=O) groups is 2. The number of hydrogen-bond donors (Lipinski definition) is 2. The molecule has 102 valence electrons. The number of nitrogens with zero attached hydrogens (tertiary/aromatic N) is 3. The molecule has 2 fully saturated rings. The van der Waals surface area contributed by atoms with Crippen molar-refractivity contribution in [2.45, 2.75) is 32.2 Å². The topological polar surface area (TPSA) is 91.0 Å². The first-order chi connectivity index (χ1) is 9.20. The van der Waals surface area contributed by atoms with Crippen LogP contribution in [0.25, 0.3) is 0 Å². The van der Waals surface area contributed by atoms with Crippen LogP contribution in [0.3, 0.4) is 0 Å². The molecule has 1 aromatic heterocycles. The molecule has 3 rings (SSSR count). The third-order valence-electron chi connectivity index (χ3n) is 3.92. The van der Waals surface area contributed by atoms with Gasteiger partial charge in [0.1, 0.15) is 5.82 Å². The lowest BCUT2D eigenvalue weighted by molar-refractivity contribution is -0.123. The first kappa shape index (κ1) is 12.1. The van der Waals surface area contributed by atoms with Gasteiger partial charge in [-0.3, -0.25) is 14.7 Å². The normalized spacial score (nSPS) is 26.2. The maximum atomic E-state index is 12.4. The van der Waals surface area contributed by atoms with Gasteiger partial charge >= 0.3 is 0 Å². The number of aromatic amines is 1. The predicted octanol–water partition coefficient (Wildman–Crippen LogP) is -0.282. The predicted molar refractivity (Wildman–Crippen MR) is 66.3 cm³/mol. The molecule has 2 atom stereocenters. The highest BCUT2D eigenvalue weighted by molar-refractivity contribution is 5.92. The number of aromatic nitrogens is 3. The number of nitrogens with one attached hydrogen (secondary N) is 2. The Hall–Kier alpha value is -1.92. The smallest absolute Gasteiger partial charge is 0.293 e. The van der Waals surface area contributed by atoms with Crippen molar-refractivity contribution in [3.8, 4) is 0 Å². The van der Waals surface area contributed by atoms with Gasteiger partial charge in [-0.05, 0) is 12.8 Å². The van der Waals surface area contributed by atoms with Crippen molar-refractivity contribution in [2.75, 3.05) is 13.1 Å². The third kappa shape index (κ3) is 1.98. The van der Waals surface area contributed by atoms with Gasteiger partial charge in [0.15, 0.2) is 0 Å². The molecule has 7 heteroatoms. The van der Waals surface area contributed by atoms with Crippen LogP contribution in [-0.2, 0) is 11.2 Å². The fourth-order valence-electron chi connectivity index (χ4n) is 2.88. The fourth-order valence-corrected chi connectivity index (χ4v) is 2.88. The number of hydrogen-bond acceptors (Lipinski definition) is 4. The van der Waals surface area contributed by atoms with Crippen LogP contribution in [0.15, 0.2) is 0 Å². The lowest BCUT2D eigenvalue weighted by Gasteiger charge is -2.35. The second-order valence-electron chi connectivity index (χ2n) is 5.02. The highest BCUT2D eigenvalue weighted by Gasteiger charge is 2.43. The SMILES string of the molecule is CCc1nc(C(=O)N2CCCC3C(=O)NCC32)n[nH]1. The molecular formula is C12H17N5O2. The summed E-state index contributed by atoms with van der Waals surface area (Å²) in [6, 6.07) is -0.0441. The van der Waals surface area contributed by atoms with Crippen molar-refractivity contribution < 1.29 is 9.59 Å². The van der Waals surface area contributed by atoms with E-state index in [0.29, 0.717) is 25.3 Å². The number of piperidine rings is 1. The van der Waals surface area contributed by atoms with E-state index in [1.165, 1.54) is 0 Å². The summed E-state index contributed by atoms with van der Waals surface area (Å²) in [7, 11) is 0. The molecule has 2 aliphatic rings. The van der Waals surface area contributed by atoms with E-state index in [9.17, 15) is 9.59 Å². The minimum Gasteiger partial charge on any atom is -0.354 e. The molecule has 7 nitrogen and oxygen atoms in total. The number of fused-ring (bicyclic) bond motifs is 1. The number of H-pyrrole nitrogens is 1. The molecule has 2 saturated heterocycles. The Morgan fingerprint density at radius 3 is 3.11 bits per heavy atom. The van der Waals surface area contributed by atoms with Crippen molar-refractivity contribution in [2.24, 2.45) is 5.92 Å². The molecule has 0 aliphatic carbocycles. The lowest BCUT2D eigenvalue weighted by Crippen LogP contribution is -2.49. The zero-order valence-corrected chi connectivity index (χ0v) is 10.8. The Labute approximate surface area is 110 Å². The van der Waals surface area contributed by atoms with Crippen LogP contribution in [0.1, 0.15) is 36.2 Å². The van der Waals surface area contributed by atoms with Gasteiger partial charge in [-0.25, -0.2) is 4.98 Å². The number of aryl methyl sites for hydroxylation is 1. The van der Waals surface area contributed by atoms with Crippen molar-refractivity contribution in [3.05, 3.63) is 11.6 Å². The van der Waals surface area contributed by atoms with E-state index < -0.39 is 0 Å². The van der Waals surface area contributed by atoms with Gasteiger partial charge in [0, 0.05) is 19.5 Å². The van der Waals surface area contributed by atoms with Gasteiger partial charge in [-0.2, -0.15) is 0 Å². The van der Waals surface area contributed by atoms with E-state index >= 15 is 0 Å². The molecule has 0 radical (unpaired) electrons. The molecule has 2 N–H and O–H groups in total. The number of rotatable bonds is 2. The molecule has 0 saturated carbocycles. The number of carbonyl (C=O) groups excluding carboxylic acids is 2. The maximum absolute atomic E-state index is 12.4. The molecule has 2 aliphatic heterocycles. The Morgan fingerprint density at radius 1 is 1.53 bits per heavy atom. The highest BCUT2D eigenvalue weighted by Crippen LogP contribution is 2.28. The second kappa shape index (κ2) is 4.64. The molecule has 0 aromatic carbocycles. The molecule has 3 heterocycles. The second-order valence-corrected chi connectivity index (χ2v) is 5.02. The molecule has 2 amide bonds. The van der Waals surface area contributed by atoms with Crippen LogP contribution in [-0.4, -0.2) is 51.0 Å². The summed E-state index contributed by atoms with van der Waals surface area (Å²) in [5.74, 6) is 0.727. The fraction of sp³-hybridized carbons (Fsp3) is 0.667. The van der Waals surface area contributed by atoms with Crippen LogP contribution in [0, 0.1) is 5.92 Å². The zero-order chi connectivity index (χ0) is 13.4. The minimum atomic E-state index is -0.179. The van der Waals surface area contributed by atoms with Gasteiger partial charge in [0.25, 0.3) is 5.91 Å². The highest BCUT2D eigenvalue weighted by atomic mass is 16.2. The quantitative estimate of drug-likeness (QED) is 0.767. The summed E-state index contributed by atoms with van der Waals surface area (Å²) in [6.45, 7) is 3.16. The largest absolute Gasteiger partial charge is 0.354 e. The summed E-state index contributed by atoms with van der Waals surface area (Å²) < 4.78 is 0. The Bertz CT molecular complexity index is 512. The third-order valence-corrected chi connectivity index (χ3v) is 3.92. The first-order valence-electron chi connectivity index (χ1n) is 6.70. The molecular weight excluding hydrogens is 246 g/mol. The average molecular weight is 263 g/mol. The van der Waals surface area contributed by atoms with E-state index in [1.807, 2.05) is 6.92 Å². The average Bonchev–Trinajstić information content (AvgIpc) is 3.05. The van der Waals surface area contributed by atoms with Gasteiger partial charge in [-0.1, -0.05) is 6.92 Å². The summed E-state index contributed by atoms with van der Waals surface area (Å²) in [5.41, 5.74) is 0. The van der Waals surface area contributed by atoms with Crippen LogP contribution >= 0.6 is 0 Å². The van der Waals surface area contributed by atoms with E-state index in [2.05, 4.69) is 20.5 Å². The standard InChI is InChI=1S/C12H17N5O2/c1-2-9-14-10(16-15-9)12(19)17-5-3-4-7-8(17)6-13-11(7)18/h7-8H,2-6H2,1H3,(H,13,18)(H,14,15,16). The lowest BCUT2D eigenvalue weighted by atomic mass is 9.91. The summed E-state index contributed by atoms with van der Waals surface area (Å²) in [5, 5.41) is 9.55. The zero-order valence-electron chi connectivity index (χ0n) is 10.8. The van der Waals surface area contributed by atoms with Crippen molar-refractivity contribution in [1.82, 2.24) is 25.4 Å². The van der Waals surface area contributed by atoms with Crippen molar-refractivity contribution in [3.63, 3.8) is 0 Å². The first-order valence-corrected chi connectivity index (χ1v) is 6.70. The van der Waals surface area contributed by atoms with Crippen molar-refractivity contribution >= 4 is 11.8 Å². The Morgan fingerprint density at radius 2 is 2.37 bits per heavy atom. The van der Waals surface area contributed by atoms with Crippen LogP contribution in [0.4, 0.5) is 0 Å². The van der Waals surface area contributed by atoms with Gasteiger partial charge < -0.3 is 10.2 Å². The monoisotopic (exact) mass is 263 g/mol. The van der Waals surface area contributed by atoms with Crippen LogP contribution in [0.2, 0.25) is 0 Å². The van der Waals surface area contributed by atoms with Crippen LogP contribution in [0.5, 0.6) is 0 Å². The van der Waals surface area contributed by atoms with Crippen LogP contribution < -0.4 is 5.32 Å². The Balaban J connectivity index is 1.81. The maximum Gasteiger partial charge on any atom is 0.293 e. The number of amides is 2. The van der Waals surface area contributed by atoms with Gasteiger partial charge in [0.05, 0.1) is 12.0 Å². The summed E-state index contributed by atoms with van der Waals surface area (Å²) >= 11 is 0. The van der Waals surface area contributed by atoms with E-state index in [1.54, 1.807) is 4.90 Å². The van der Waals surface area contributed by atoms with Gasteiger partial charge in [0.2, 0.25) is 11.7 Å². The summed E-state index contributed by atoms with van der Waals surface area (Å²) in [6.07, 6.45) is 2.42. The van der Waals surface area contributed by atoms with Crippen molar-refractivity contribution in [1.29, 1.82) is 0 Å².